The molecule has 2 aliphatic heterocycles. The molecule has 0 unspecified atom stereocenters. The number of carbonyl (C=O) groups is 1. The molecule has 1 fully saturated rings. The number of anilines is 1. The number of ether oxygens (including phenoxy) is 1. The molecule has 1 aromatic rings. The first-order valence-electron chi connectivity index (χ1n) is 10.7. The second-order valence-corrected chi connectivity index (χ2v) is 8.24. The van der Waals surface area contributed by atoms with Crippen molar-refractivity contribution in [2.24, 2.45) is 4.99 Å². The lowest BCUT2D eigenvalue weighted by Crippen LogP contribution is -2.56. The lowest BCUT2D eigenvalue weighted by atomic mass is 10.0. The Bertz CT molecular complexity index is 719. The average Bonchev–Trinajstić information content (AvgIpc) is 2.75. The van der Waals surface area contributed by atoms with E-state index in [-0.39, 0.29) is 42.0 Å². The van der Waals surface area contributed by atoms with Gasteiger partial charge in [0.05, 0.1) is 13.2 Å². The monoisotopic (exact) mass is 529 g/mol. The number of morpholine rings is 1. The summed E-state index contributed by atoms with van der Waals surface area (Å²) in [6.45, 7) is 12.3. The molecule has 2 aliphatic rings. The van der Waals surface area contributed by atoms with E-state index in [4.69, 9.17) is 4.74 Å². The van der Waals surface area contributed by atoms with Crippen LogP contribution in [0.15, 0.2) is 29.3 Å². The van der Waals surface area contributed by atoms with Gasteiger partial charge in [0.15, 0.2) is 5.96 Å². The molecule has 1 aromatic carbocycles. The van der Waals surface area contributed by atoms with Gasteiger partial charge in [-0.3, -0.25) is 9.69 Å². The van der Waals surface area contributed by atoms with Crippen LogP contribution in [0.4, 0.5) is 5.69 Å². The van der Waals surface area contributed by atoms with Gasteiger partial charge in [-0.15, -0.1) is 24.0 Å². The number of aliphatic imine (C=N–C) groups is 1. The maximum absolute atomic E-state index is 12.9. The van der Waals surface area contributed by atoms with Crippen molar-refractivity contribution in [3.63, 3.8) is 0 Å². The van der Waals surface area contributed by atoms with Gasteiger partial charge < -0.3 is 20.3 Å². The average molecular weight is 529 g/mol. The van der Waals surface area contributed by atoms with Crippen LogP contribution >= 0.6 is 24.0 Å². The number of hydrogen-bond donors (Lipinski definition) is 2. The van der Waals surface area contributed by atoms with Gasteiger partial charge in [0.2, 0.25) is 5.91 Å². The number of carbonyl (C=O) groups excluding carboxylic acids is 1. The van der Waals surface area contributed by atoms with Crippen molar-refractivity contribution < 1.29 is 9.53 Å². The molecule has 0 bridgehead atoms. The Labute approximate surface area is 197 Å². The minimum absolute atomic E-state index is 0. The van der Waals surface area contributed by atoms with Gasteiger partial charge >= 0.3 is 0 Å². The maximum atomic E-state index is 12.9. The lowest BCUT2D eigenvalue weighted by molar-refractivity contribution is -0.117. The minimum atomic E-state index is -0.0181. The van der Waals surface area contributed by atoms with Crippen molar-refractivity contribution in [1.29, 1.82) is 0 Å². The first-order valence-corrected chi connectivity index (χ1v) is 10.7. The van der Waals surface area contributed by atoms with Crippen LogP contribution < -0.4 is 15.5 Å². The quantitative estimate of drug-likeness (QED) is 0.336. The second-order valence-electron chi connectivity index (χ2n) is 8.24. The fourth-order valence-electron chi connectivity index (χ4n) is 3.95. The molecule has 0 spiro atoms. The standard InChI is InChI=1S/C22H35N5O2.HI/c1-4-23-21(25-17-22(2,3)26-12-14-29-15-13-26)24-16-20(28)27-11-7-9-18-8-5-6-10-19(18)27;/h5-6,8,10H,4,7,9,11-17H2,1-3H3,(H2,23,24,25);1H. The highest BCUT2D eigenvalue weighted by molar-refractivity contribution is 14.0. The Balaban J connectivity index is 0.00000320. The van der Waals surface area contributed by atoms with Crippen molar-refractivity contribution >= 4 is 41.5 Å². The SMILES string of the molecule is CCNC(=NCC(=O)N1CCCc2ccccc21)NCC(C)(C)N1CCOCC1.I. The number of guanidine groups is 1. The van der Waals surface area contributed by atoms with Crippen LogP contribution in [0.2, 0.25) is 0 Å². The van der Waals surface area contributed by atoms with Gasteiger partial charge in [-0.05, 0) is 45.2 Å². The summed E-state index contributed by atoms with van der Waals surface area (Å²) in [7, 11) is 0. The molecule has 2 heterocycles. The number of benzene rings is 1. The number of fused-ring (bicyclic) bond motifs is 1. The normalized spacial score (nSPS) is 17.7. The summed E-state index contributed by atoms with van der Waals surface area (Å²) >= 11 is 0. The Kier molecular flexibility index (Phi) is 9.83. The summed E-state index contributed by atoms with van der Waals surface area (Å²) in [5, 5.41) is 6.68. The van der Waals surface area contributed by atoms with Crippen LogP contribution in [0.5, 0.6) is 0 Å². The van der Waals surface area contributed by atoms with Gasteiger partial charge in [-0.25, -0.2) is 4.99 Å². The van der Waals surface area contributed by atoms with E-state index in [2.05, 4.69) is 40.4 Å². The van der Waals surface area contributed by atoms with Crippen LogP contribution in [0.1, 0.15) is 32.8 Å². The van der Waals surface area contributed by atoms with E-state index >= 15 is 0 Å². The fraction of sp³-hybridized carbons (Fsp3) is 0.636. The third kappa shape index (κ3) is 6.55. The molecule has 30 heavy (non-hydrogen) atoms. The molecule has 3 rings (SSSR count). The first-order chi connectivity index (χ1) is 14.0. The number of nitrogens with zero attached hydrogens (tertiary/aromatic N) is 3. The Morgan fingerprint density at radius 1 is 1.17 bits per heavy atom. The summed E-state index contributed by atoms with van der Waals surface area (Å²) in [4.78, 5) is 21.7. The predicted molar refractivity (Wildman–Crippen MR) is 133 cm³/mol. The van der Waals surface area contributed by atoms with Crippen molar-refractivity contribution in [2.75, 3.05) is 57.4 Å². The maximum Gasteiger partial charge on any atom is 0.248 e. The lowest BCUT2D eigenvalue weighted by Gasteiger charge is -2.41. The zero-order valence-electron chi connectivity index (χ0n) is 18.4. The van der Waals surface area contributed by atoms with Crippen LogP contribution in [0.3, 0.4) is 0 Å². The Morgan fingerprint density at radius 2 is 1.90 bits per heavy atom. The van der Waals surface area contributed by atoms with Gasteiger partial charge in [-0.2, -0.15) is 0 Å². The van der Waals surface area contributed by atoms with Crippen molar-refractivity contribution in [1.82, 2.24) is 15.5 Å². The number of aryl methyl sites for hydroxylation is 1. The van der Waals surface area contributed by atoms with E-state index < -0.39 is 0 Å². The zero-order chi connectivity index (χ0) is 20.7. The van der Waals surface area contributed by atoms with E-state index in [1.807, 2.05) is 30.0 Å². The molecule has 2 N–H and O–H groups in total. The van der Waals surface area contributed by atoms with Crippen LogP contribution in [-0.4, -0.2) is 74.8 Å². The summed E-state index contributed by atoms with van der Waals surface area (Å²) in [5.41, 5.74) is 2.26. The van der Waals surface area contributed by atoms with E-state index in [1.54, 1.807) is 0 Å². The molecule has 0 aliphatic carbocycles. The topological polar surface area (TPSA) is 69.2 Å². The van der Waals surface area contributed by atoms with Gasteiger partial charge in [-0.1, -0.05) is 18.2 Å². The molecular formula is C22H36IN5O2. The summed E-state index contributed by atoms with van der Waals surface area (Å²) < 4.78 is 5.47. The molecule has 7 nitrogen and oxygen atoms in total. The van der Waals surface area contributed by atoms with Crippen LogP contribution in [0.25, 0.3) is 0 Å². The highest BCUT2D eigenvalue weighted by Crippen LogP contribution is 2.26. The molecule has 0 aromatic heterocycles. The van der Waals surface area contributed by atoms with Crippen LogP contribution in [-0.2, 0) is 16.0 Å². The third-order valence-electron chi connectivity index (χ3n) is 5.68. The summed E-state index contributed by atoms with van der Waals surface area (Å²) in [6.07, 6.45) is 2.03. The number of amides is 1. The van der Waals surface area contributed by atoms with E-state index in [0.29, 0.717) is 5.96 Å². The van der Waals surface area contributed by atoms with Crippen molar-refractivity contribution in [3.05, 3.63) is 29.8 Å². The molecule has 0 radical (unpaired) electrons. The van der Waals surface area contributed by atoms with E-state index in [1.165, 1.54) is 5.56 Å². The summed E-state index contributed by atoms with van der Waals surface area (Å²) in [5.74, 6) is 0.731. The molecule has 168 valence electrons. The molecule has 1 saturated heterocycles. The van der Waals surface area contributed by atoms with E-state index in [0.717, 1.165) is 64.5 Å². The number of nitrogens with one attached hydrogen (secondary N) is 2. The van der Waals surface area contributed by atoms with Crippen molar-refractivity contribution in [2.45, 2.75) is 39.2 Å². The fourth-order valence-corrected chi connectivity index (χ4v) is 3.95. The van der Waals surface area contributed by atoms with Gasteiger partial charge in [0.1, 0.15) is 6.54 Å². The molecule has 0 saturated carbocycles. The largest absolute Gasteiger partial charge is 0.379 e. The third-order valence-corrected chi connectivity index (χ3v) is 5.68. The molecule has 0 atom stereocenters. The Hall–Kier alpha value is -1.39. The molecule has 8 heteroatoms. The second kappa shape index (κ2) is 11.9. The summed E-state index contributed by atoms with van der Waals surface area (Å²) in [6, 6.07) is 8.17. The predicted octanol–water partition coefficient (Wildman–Crippen LogP) is 2.25. The van der Waals surface area contributed by atoms with E-state index in [9.17, 15) is 4.79 Å². The van der Waals surface area contributed by atoms with Crippen LogP contribution in [0, 0.1) is 0 Å². The highest BCUT2D eigenvalue weighted by atomic mass is 127. The van der Waals surface area contributed by atoms with Gasteiger partial charge in [0, 0.05) is 44.0 Å². The number of para-hydroxylation sites is 1. The van der Waals surface area contributed by atoms with Crippen molar-refractivity contribution in [3.8, 4) is 0 Å². The Morgan fingerprint density at radius 3 is 2.63 bits per heavy atom. The first kappa shape index (κ1) is 24.9. The molecule has 1 amide bonds. The number of halogens is 1. The molecular weight excluding hydrogens is 493 g/mol. The highest BCUT2D eigenvalue weighted by Gasteiger charge is 2.28. The van der Waals surface area contributed by atoms with Gasteiger partial charge in [0.25, 0.3) is 0 Å². The zero-order valence-corrected chi connectivity index (χ0v) is 20.8. The smallest absolute Gasteiger partial charge is 0.248 e. The minimum Gasteiger partial charge on any atom is -0.379 e. The number of rotatable bonds is 6. The number of hydrogen-bond acceptors (Lipinski definition) is 4.